The number of para-hydroxylation sites is 1. The number of carbonyl (C=O) groups is 2. The Bertz CT molecular complexity index is 1570. The van der Waals surface area contributed by atoms with Gasteiger partial charge in [-0.3, -0.25) is 14.6 Å². The largest absolute Gasteiger partial charge is 0.496 e. The zero-order chi connectivity index (χ0) is 23.9. The summed E-state index contributed by atoms with van der Waals surface area (Å²) >= 11 is 0. The average molecular weight is 457 g/mol. The van der Waals surface area contributed by atoms with Crippen LogP contribution in [0.4, 0.5) is 5.69 Å². The highest BCUT2D eigenvalue weighted by molar-refractivity contribution is 6.37. The summed E-state index contributed by atoms with van der Waals surface area (Å²) in [6, 6.07) is 28.4. The maximum atomic E-state index is 13.5. The molecule has 0 spiro atoms. The number of imide groups is 1. The van der Waals surface area contributed by atoms with Gasteiger partial charge >= 0.3 is 0 Å². The van der Waals surface area contributed by atoms with Crippen LogP contribution in [-0.4, -0.2) is 23.9 Å². The molecule has 0 fully saturated rings. The molecule has 168 valence electrons. The molecule has 1 aromatic heterocycles. The van der Waals surface area contributed by atoms with Crippen LogP contribution in [0.5, 0.6) is 5.75 Å². The lowest BCUT2D eigenvalue weighted by molar-refractivity contribution is 0.0893. The highest BCUT2D eigenvalue weighted by Crippen LogP contribution is 2.42. The Morgan fingerprint density at radius 1 is 0.600 bits per heavy atom. The summed E-state index contributed by atoms with van der Waals surface area (Å²) in [6.07, 6.45) is 3.54. The molecule has 0 saturated carbocycles. The van der Waals surface area contributed by atoms with Gasteiger partial charge in [-0.15, -0.1) is 0 Å². The van der Waals surface area contributed by atoms with E-state index in [9.17, 15) is 9.59 Å². The van der Waals surface area contributed by atoms with Gasteiger partial charge in [-0.25, -0.2) is 4.90 Å². The second-order valence-corrected chi connectivity index (χ2v) is 8.32. The van der Waals surface area contributed by atoms with Gasteiger partial charge in [0.25, 0.3) is 11.8 Å². The van der Waals surface area contributed by atoms with Crippen LogP contribution in [0.1, 0.15) is 20.7 Å². The van der Waals surface area contributed by atoms with Crippen molar-refractivity contribution in [1.82, 2.24) is 4.98 Å². The van der Waals surface area contributed by atoms with Crippen LogP contribution in [0.3, 0.4) is 0 Å². The monoisotopic (exact) mass is 456 g/mol. The number of ether oxygens (including phenoxy) is 1. The molecular formula is C30H20N2O3. The first-order valence-corrected chi connectivity index (χ1v) is 11.3. The lowest BCUT2D eigenvalue weighted by Gasteiger charge is -2.28. The average Bonchev–Trinajstić information content (AvgIpc) is 2.92. The van der Waals surface area contributed by atoms with Crippen LogP contribution in [-0.2, 0) is 0 Å². The Kier molecular flexibility index (Phi) is 4.89. The third kappa shape index (κ3) is 3.28. The van der Waals surface area contributed by atoms with E-state index in [4.69, 9.17) is 4.74 Å². The highest BCUT2D eigenvalue weighted by Gasteiger charge is 2.35. The summed E-state index contributed by atoms with van der Waals surface area (Å²) in [7, 11) is 1.60. The molecule has 1 aliphatic rings. The van der Waals surface area contributed by atoms with Gasteiger partial charge in [0.2, 0.25) is 0 Å². The van der Waals surface area contributed by atoms with Gasteiger partial charge in [0.15, 0.2) is 0 Å². The summed E-state index contributed by atoms with van der Waals surface area (Å²) in [5.41, 5.74) is 5.54. The number of nitrogens with zero attached hydrogens (tertiary/aromatic N) is 2. The van der Waals surface area contributed by atoms with Crippen LogP contribution >= 0.6 is 0 Å². The lowest BCUT2D eigenvalue weighted by atomic mass is 9.88. The Morgan fingerprint density at radius 2 is 1.17 bits per heavy atom. The fourth-order valence-electron chi connectivity index (χ4n) is 4.76. The Morgan fingerprint density at radius 3 is 1.83 bits per heavy atom. The lowest BCUT2D eigenvalue weighted by Crippen LogP contribution is -2.40. The predicted octanol–water partition coefficient (Wildman–Crippen LogP) is 6.38. The van der Waals surface area contributed by atoms with Crippen molar-refractivity contribution in [2.75, 3.05) is 12.0 Å². The van der Waals surface area contributed by atoms with Gasteiger partial charge in [0.05, 0.1) is 12.8 Å². The van der Waals surface area contributed by atoms with E-state index >= 15 is 0 Å². The number of methoxy groups -OCH3 is 1. The Hall–Kier alpha value is -4.77. The number of anilines is 1. The van der Waals surface area contributed by atoms with E-state index in [1.54, 1.807) is 43.8 Å². The molecule has 2 amide bonds. The summed E-state index contributed by atoms with van der Waals surface area (Å²) in [5, 5.41) is 1.39. The molecular weight excluding hydrogens is 436 g/mol. The van der Waals surface area contributed by atoms with Crippen molar-refractivity contribution in [3.05, 3.63) is 115 Å². The minimum atomic E-state index is -0.341. The molecule has 0 atom stereocenters. The standard InChI is InChI=1S/C30H20N2O3/c1-35-26-14-13-25-27-24(29(33)32(30(25)34)22-5-3-2-4-6-22)12-11-23(28(26)27)21-9-7-19(8-10-21)20-15-17-31-18-16-20/h2-18H,1H3. The second kappa shape index (κ2) is 8.22. The normalized spacial score (nSPS) is 12.8. The molecule has 0 bridgehead atoms. The summed E-state index contributed by atoms with van der Waals surface area (Å²) < 4.78 is 5.70. The fourth-order valence-corrected chi connectivity index (χ4v) is 4.76. The second-order valence-electron chi connectivity index (χ2n) is 8.32. The molecule has 35 heavy (non-hydrogen) atoms. The molecule has 0 radical (unpaired) electrons. The van der Waals surface area contributed by atoms with Gasteiger partial charge in [-0.1, -0.05) is 48.5 Å². The van der Waals surface area contributed by atoms with E-state index in [-0.39, 0.29) is 11.8 Å². The summed E-state index contributed by atoms with van der Waals surface area (Å²) in [4.78, 5) is 32.4. The van der Waals surface area contributed by atoms with Crippen molar-refractivity contribution in [3.8, 4) is 28.0 Å². The zero-order valence-electron chi connectivity index (χ0n) is 18.9. The summed E-state index contributed by atoms with van der Waals surface area (Å²) in [6.45, 7) is 0. The molecule has 0 unspecified atom stereocenters. The van der Waals surface area contributed by atoms with Gasteiger partial charge in [-0.05, 0) is 64.7 Å². The molecule has 2 heterocycles. The fraction of sp³-hybridized carbons (Fsp3) is 0.0333. The van der Waals surface area contributed by atoms with Crippen LogP contribution in [0, 0.1) is 0 Å². The van der Waals surface area contributed by atoms with Crippen molar-refractivity contribution in [2.45, 2.75) is 0 Å². The van der Waals surface area contributed by atoms with Crippen LogP contribution in [0.15, 0.2) is 103 Å². The molecule has 5 nitrogen and oxygen atoms in total. The van der Waals surface area contributed by atoms with Crippen LogP contribution < -0.4 is 9.64 Å². The maximum absolute atomic E-state index is 13.5. The highest BCUT2D eigenvalue weighted by atomic mass is 16.5. The summed E-state index contributed by atoms with van der Waals surface area (Å²) in [5.74, 6) is -0.0642. The van der Waals surface area contributed by atoms with Gasteiger partial charge in [-0.2, -0.15) is 0 Å². The van der Waals surface area contributed by atoms with E-state index < -0.39 is 0 Å². The number of rotatable bonds is 4. The van der Waals surface area contributed by atoms with Crippen molar-refractivity contribution >= 4 is 28.3 Å². The van der Waals surface area contributed by atoms with Crippen molar-refractivity contribution in [1.29, 1.82) is 0 Å². The van der Waals surface area contributed by atoms with Crippen molar-refractivity contribution in [3.63, 3.8) is 0 Å². The van der Waals surface area contributed by atoms with E-state index in [0.29, 0.717) is 28.0 Å². The van der Waals surface area contributed by atoms with E-state index in [2.05, 4.69) is 17.1 Å². The topological polar surface area (TPSA) is 59.5 Å². The zero-order valence-corrected chi connectivity index (χ0v) is 18.9. The molecule has 4 aromatic carbocycles. The Labute approximate surface area is 202 Å². The molecule has 6 rings (SSSR count). The number of pyridine rings is 1. The first-order valence-electron chi connectivity index (χ1n) is 11.3. The number of amides is 2. The number of hydrogen-bond donors (Lipinski definition) is 0. The minimum Gasteiger partial charge on any atom is -0.496 e. The first-order chi connectivity index (χ1) is 17.2. The molecule has 5 heteroatoms. The molecule has 0 aliphatic carbocycles. The van der Waals surface area contributed by atoms with E-state index in [1.807, 2.05) is 54.6 Å². The van der Waals surface area contributed by atoms with Crippen molar-refractivity contribution < 1.29 is 14.3 Å². The van der Waals surface area contributed by atoms with Gasteiger partial charge < -0.3 is 4.74 Å². The molecule has 1 aliphatic heterocycles. The van der Waals surface area contributed by atoms with Crippen LogP contribution in [0.25, 0.3) is 33.0 Å². The van der Waals surface area contributed by atoms with E-state index in [1.165, 1.54) is 4.90 Å². The maximum Gasteiger partial charge on any atom is 0.265 e. The number of hydrogen-bond acceptors (Lipinski definition) is 4. The van der Waals surface area contributed by atoms with Crippen LogP contribution in [0.2, 0.25) is 0 Å². The van der Waals surface area contributed by atoms with E-state index in [0.717, 1.165) is 27.6 Å². The minimum absolute atomic E-state index is 0.341. The third-order valence-corrected chi connectivity index (χ3v) is 6.43. The third-order valence-electron chi connectivity index (χ3n) is 6.43. The molecule has 0 N–H and O–H groups in total. The smallest absolute Gasteiger partial charge is 0.265 e. The Balaban J connectivity index is 1.54. The molecule has 5 aromatic rings. The number of carbonyl (C=O) groups excluding carboxylic acids is 2. The number of aromatic nitrogens is 1. The van der Waals surface area contributed by atoms with Crippen molar-refractivity contribution in [2.24, 2.45) is 0 Å². The predicted molar refractivity (Wildman–Crippen MR) is 137 cm³/mol. The van der Waals surface area contributed by atoms with Gasteiger partial charge in [0, 0.05) is 34.3 Å². The first kappa shape index (κ1) is 20.8. The molecule has 0 saturated heterocycles. The SMILES string of the molecule is COc1ccc2c3c(ccc(-c4ccc(-c5ccncc5)cc4)c13)C(=O)N(c1ccccc1)C2=O. The quantitative estimate of drug-likeness (QED) is 0.295. The van der Waals surface area contributed by atoms with Gasteiger partial charge in [0.1, 0.15) is 5.75 Å². The number of benzene rings is 4.